The van der Waals surface area contributed by atoms with Crippen LogP contribution in [-0.4, -0.2) is 33.7 Å². The summed E-state index contributed by atoms with van der Waals surface area (Å²) >= 11 is 0. The van der Waals surface area contributed by atoms with Gasteiger partial charge in [0.25, 0.3) is 5.91 Å². The van der Waals surface area contributed by atoms with Crippen LogP contribution in [0.3, 0.4) is 0 Å². The summed E-state index contributed by atoms with van der Waals surface area (Å²) in [6.45, 7) is 7.13. The standard InChI is InChI=1S/C20H26N2O4S/c1-20(2,3)16-8-10-18(11-9-16)26-13-12-21-19(23)15-6-5-7-17(14-15)22-27(4,24)25/h5-11,14,22H,12-13H2,1-4H3,(H,21,23). The van der Waals surface area contributed by atoms with E-state index in [4.69, 9.17) is 4.74 Å². The van der Waals surface area contributed by atoms with Gasteiger partial charge in [0, 0.05) is 11.3 Å². The number of anilines is 1. The maximum Gasteiger partial charge on any atom is 0.251 e. The molecular weight excluding hydrogens is 364 g/mol. The third-order valence-electron chi connectivity index (χ3n) is 3.80. The highest BCUT2D eigenvalue weighted by Crippen LogP contribution is 2.24. The zero-order chi connectivity index (χ0) is 20.1. The number of ether oxygens (including phenoxy) is 1. The average Bonchev–Trinajstić information content (AvgIpc) is 2.57. The molecule has 0 unspecified atom stereocenters. The summed E-state index contributed by atoms with van der Waals surface area (Å²) in [6, 6.07) is 14.2. The number of nitrogens with one attached hydrogen (secondary N) is 2. The van der Waals surface area contributed by atoms with Crippen LogP contribution in [0.2, 0.25) is 0 Å². The SMILES string of the molecule is CC(C)(C)c1ccc(OCCNC(=O)c2cccc(NS(C)(=O)=O)c2)cc1. The van der Waals surface area contributed by atoms with Gasteiger partial charge in [-0.25, -0.2) is 8.42 Å². The molecule has 0 radical (unpaired) electrons. The van der Waals surface area contributed by atoms with Crippen LogP contribution in [0.5, 0.6) is 5.75 Å². The van der Waals surface area contributed by atoms with Crippen LogP contribution in [0.4, 0.5) is 5.69 Å². The Kier molecular flexibility index (Phi) is 6.49. The van der Waals surface area contributed by atoms with Gasteiger partial charge in [0.2, 0.25) is 10.0 Å². The van der Waals surface area contributed by atoms with Crippen LogP contribution in [0.1, 0.15) is 36.7 Å². The highest BCUT2D eigenvalue weighted by atomic mass is 32.2. The van der Waals surface area contributed by atoms with Crippen molar-refractivity contribution < 1.29 is 17.9 Å². The van der Waals surface area contributed by atoms with Gasteiger partial charge in [-0.3, -0.25) is 9.52 Å². The van der Waals surface area contributed by atoms with Crippen LogP contribution in [-0.2, 0) is 15.4 Å². The van der Waals surface area contributed by atoms with Crippen LogP contribution in [0.15, 0.2) is 48.5 Å². The minimum absolute atomic E-state index is 0.0903. The molecule has 0 saturated heterocycles. The van der Waals surface area contributed by atoms with E-state index in [1.54, 1.807) is 18.2 Å². The Hall–Kier alpha value is -2.54. The van der Waals surface area contributed by atoms with Crippen molar-refractivity contribution in [2.45, 2.75) is 26.2 Å². The monoisotopic (exact) mass is 390 g/mol. The Balaban J connectivity index is 1.83. The molecule has 2 aromatic carbocycles. The molecule has 2 aromatic rings. The fourth-order valence-electron chi connectivity index (χ4n) is 2.42. The van der Waals surface area contributed by atoms with E-state index >= 15 is 0 Å². The molecule has 146 valence electrons. The fraction of sp³-hybridized carbons (Fsp3) is 0.350. The molecule has 0 bridgehead atoms. The Bertz CT molecular complexity index is 885. The van der Waals surface area contributed by atoms with E-state index in [0.717, 1.165) is 12.0 Å². The topological polar surface area (TPSA) is 84.5 Å². The van der Waals surface area contributed by atoms with Gasteiger partial charge < -0.3 is 10.1 Å². The third-order valence-corrected chi connectivity index (χ3v) is 4.41. The number of rotatable bonds is 7. The molecule has 7 heteroatoms. The quantitative estimate of drug-likeness (QED) is 0.711. The highest BCUT2D eigenvalue weighted by molar-refractivity contribution is 7.92. The first-order valence-corrected chi connectivity index (χ1v) is 10.5. The molecule has 0 aromatic heterocycles. The lowest BCUT2D eigenvalue weighted by molar-refractivity contribution is 0.0947. The molecule has 0 fully saturated rings. The van der Waals surface area contributed by atoms with Crippen molar-refractivity contribution in [3.8, 4) is 5.75 Å². The zero-order valence-electron chi connectivity index (χ0n) is 16.1. The average molecular weight is 391 g/mol. The predicted octanol–water partition coefficient (Wildman–Crippen LogP) is 3.16. The summed E-state index contributed by atoms with van der Waals surface area (Å²) in [5, 5.41) is 2.75. The van der Waals surface area contributed by atoms with Crippen molar-refractivity contribution in [2.24, 2.45) is 0 Å². The van der Waals surface area contributed by atoms with Crippen LogP contribution in [0.25, 0.3) is 0 Å². The molecule has 0 saturated carbocycles. The first-order valence-electron chi connectivity index (χ1n) is 8.64. The van der Waals surface area contributed by atoms with Crippen LogP contribution >= 0.6 is 0 Å². The van der Waals surface area contributed by atoms with Crippen molar-refractivity contribution in [1.29, 1.82) is 0 Å². The van der Waals surface area contributed by atoms with Crippen molar-refractivity contribution in [3.05, 3.63) is 59.7 Å². The van der Waals surface area contributed by atoms with Crippen molar-refractivity contribution in [1.82, 2.24) is 5.32 Å². The summed E-state index contributed by atoms with van der Waals surface area (Å²) in [5.74, 6) is 0.454. The van der Waals surface area contributed by atoms with Crippen molar-refractivity contribution in [2.75, 3.05) is 24.1 Å². The molecule has 2 N–H and O–H groups in total. The fourth-order valence-corrected chi connectivity index (χ4v) is 2.98. The van der Waals surface area contributed by atoms with E-state index in [-0.39, 0.29) is 11.3 Å². The molecule has 0 heterocycles. The first kappa shape index (κ1) is 20.8. The molecule has 0 spiro atoms. The molecular formula is C20H26N2O4S. The van der Waals surface area contributed by atoms with Gasteiger partial charge in [-0.1, -0.05) is 39.0 Å². The minimum Gasteiger partial charge on any atom is -0.492 e. The summed E-state index contributed by atoms with van der Waals surface area (Å²) in [6.07, 6.45) is 1.06. The molecule has 2 rings (SSSR count). The number of carbonyl (C=O) groups excluding carboxylic acids is 1. The molecule has 0 aliphatic rings. The number of amides is 1. The van der Waals surface area contributed by atoms with Gasteiger partial charge in [0.05, 0.1) is 12.8 Å². The summed E-state index contributed by atoms with van der Waals surface area (Å²) in [7, 11) is -3.39. The number of hydrogen-bond donors (Lipinski definition) is 2. The third kappa shape index (κ3) is 6.94. The van der Waals surface area contributed by atoms with E-state index in [1.165, 1.54) is 11.6 Å². The van der Waals surface area contributed by atoms with Crippen molar-refractivity contribution in [3.63, 3.8) is 0 Å². The second-order valence-corrected chi connectivity index (χ2v) is 9.08. The Morgan fingerprint density at radius 3 is 2.33 bits per heavy atom. The van der Waals surface area contributed by atoms with E-state index in [9.17, 15) is 13.2 Å². The number of hydrogen-bond acceptors (Lipinski definition) is 4. The van der Waals surface area contributed by atoms with Gasteiger partial charge in [-0.05, 0) is 41.3 Å². The van der Waals surface area contributed by atoms with Gasteiger partial charge in [0.15, 0.2) is 0 Å². The van der Waals surface area contributed by atoms with E-state index in [1.807, 2.05) is 24.3 Å². The second kappa shape index (κ2) is 8.43. The van der Waals surface area contributed by atoms with Crippen molar-refractivity contribution >= 4 is 21.6 Å². The smallest absolute Gasteiger partial charge is 0.251 e. The molecule has 0 atom stereocenters. The Labute approximate surface area is 161 Å². The molecule has 0 aliphatic carbocycles. The summed E-state index contributed by atoms with van der Waals surface area (Å²) in [5.41, 5.74) is 2.04. The lowest BCUT2D eigenvalue weighted by Gasteiger charge is -2.19. The lowest BCUT2D eigenvalue weighted by Crippen LogP contribution is -2.28. The zero-order valence-corrected chi connectivity index (χ0v) is 16.9. The maximum atomic E-state index is 12.2. The van der Waals surface area contributed by atoms with Gasteiger partial charge >= 0.3 is 0 Å². The minimum atomic E-state index is -3.39. The van der Waals surface area contributed by atoms with Gasteiger partial charge in [-0.15, -0.1) is 0 Å². The van der Waals surface area contributed by atoms with Gasteiger partial charge in [0.1, 0.15) is 12.4 Å². The number of sulfonamides is 1. The summed E-state index contributed by atoms with van der Waals surface area (Å²) in [4.78, 5) is 12.2. The predicted molar refractivity (Wildman–Crippen MR) is 108 cm³/mol. The largest absolute Gasteiger partial charge is 0.492 e. The first-order chi connectivity index (χ1) is 12.5. The van der Waals surface area contributed by atoms with E-state index < -0.39 is 10.0 Å². The second-order valence-electron chi connectivity index (χ2n) is 7.33. The van der Waals surface area contributed by atoms with Crippen LogP contribution < -0.4 is 14.8 Å². The van der Waals surface area contributed by atoms with Gasteiger partial charge in [-0.2, -0.15) is 0 Å². The molecule has 6 nitrogen and oxygen atoms in total. The summed E-state index contributed by atoms with van der Waals surface area (Å²) < 4.78 is 30.5. The number of carbonyl (C=O) groups is 1. The van der Waals surface area contributed by atoms with E-state index in [0.29, 0.717) is 24.4 Å². The van der Waals surface area contributed by atoms with Crippen LogP contribution in [0, 0.1) is 0 Å². The number of benzene rings is 2. The molecule has 0 aliphatic heterocycles. The molecule has 27 heavy (non-hydrogen) atoms. The Morgan fingerprint density at radius 2 is 1.74 bits per heavy atom. The highest BCUT2D eigenvalue weighted by Gasteiger charge is 2.13. The normalized spacial score (nSPS) is 11.7. The maximum absolute atomic E-state index is 12.2. The van der Waals surface area contributed by atoms with E-state index in [2.05, 4.69) is 30.8 Å². The Morgan fingerprint density at radius 1 is 1.07 bits per heavy atom. The molecule has 1 amide bonds. The lowest BCUT2D eigenvalue weighted by atomic mass is 9.87.